The van der Waals surface area contributed by atoms with Crippen LogP contribution in [0.5, 0.6) is 0 Å². The first-order valence-electron chi connectivity index (χ1n) is 5.86. The largest absolute Gasteiger partial charge is 0.366 e. The third-order valence-corrected chi connectivity index (χ3v) is 3.16. The van der Waals surface area contributed by atoms with Gasteiger partial charge in [-0.3, -0.25) is 0 Å². The van der Waals surface area contributed by atoms with E-state index in [1.165, 1.54) is 36.2 Å². The first-order chi connectivity index (χ1) is 6.98. The molecule has 0 unspecified atom stereocenters. The zero-order valence-corrected chi connectivity index (χ0v) is 10.3. The molecule has 0 spiro atoms. The molecule has 0 fully saturated rings. The average Bonchev–Trinajstić information content (AvgIpc) is 2.15. The van der Waals surface area contributed by atoms with Gasteiger partial charge in [-0.25, -0.2) is 0 Å². The van der Waals surface area contributed by atoms with E-state index in [0.29, 0.717) is 0 Å². The van der Waals surface area contributed by atoms with Crippen LogP contribution in [-0.2, 0) is 6.42 Å². The van der Waals surface area contributed by atoms with E-state index < -0.39 is 0 Å². The summed E-state index contributed by atoms with van der Waals surface area (Å²) in [5.41, 5.74) is 4.59. The zero-order chi connectivity index (χ0) is 11.1. The van der Waals surface area contributed by atoms with E-state index in [-0.39, 0.29) is 5.54 Å². The monoisotopic (exact) mass is 203 g/mol. The van der Waals surface area contributed by atoms with Gasteiger partial charge in [0, 0.05) is 17.8 Å². The molecule has 82 valence electrons. The van der Waals surface area contributed by atoms with Crippen molar-refractivity contribution in [2.24, 2.45) is 0 Å². The number of aryl methyl sites for hydroxylation is 2. The highest BCUT2D eigenvalue weighted by Gasteiger charge is 2.25. The van der Waals surface area contributed by atoms with Crippen LogP contribution in [0.2, 0.25) is 0 Å². The number of fused-ring (bicyclic) bond motifs is 1. The summed E-state index contributed by atoms with van der Waals surface area (Å²) in [6, 6.07) is 6.85. The minimum atomic E-state index is 0.241. The maximum atomic E-state index is 2.53. The number of hydrogen-bond donors (Lipinski definition) is 0. The van der Waals surface area contributed by atoms with Gasteiger partial charge in [0.2, 0.25) is 0 Å². The lowest BCUT2D eigenvalue weighted by atomic mass is 9.94. The second-order valence-electron chi connectivity index (χ2n) is 5.56. The molecule has 1 aromatic rings. The smallest absolute Gasteiger partial charge is 0.0403 e. The maximum Gasteiger partial charge on any atom is 0.0403 e. The van der Waals surface area contributed by atoms with Crippen LogP contribution in [0.25, 0.3) is 0 Å². The Balaban J connectivity index is 2.43. The zero-order valence-electron chi connectivity index (χ0n) is 10.3. The molecule has 15 heavy (non-hydrogen) atoms. The fourth-order valence-electron chi connectivity index (χ4n) is 2.42. The Hall–Kier alpha value is -0.980. The molecule has 0 aliphatic carbocycles. The van der Waals surface area contributed by atoms with Gasteiger partial charge >= 0.3 is 0 Å². The third kappa shape index (κ3) is 2.01. The summed E-state index contributed by atoms with van der Waals surface area (Å²) in [4.78, 5) is 2.53. The van der Waals surface area contributed by atoms with Gasteiger partial charge in [-0.2, -0.15) is 0 Å². The van der Waals surface area contributed by atoms with Crippen LogP contribution >= 0.6 is 0 Å². The fraction of sp³-hybridized carbons (Fsp3) is 0.571. The van der Waals surface area contributed by atoms with Gasteiger partial charge in [-0.15, -0.1) is 0 Å². The van der Waals surface area contributed by atoms with Crippen LogP contribution in [0.15, 0.2) is 18.2 Å². The van der Waals surface area contributed by atoms with Crippen LogP contribution in [0.4, 0.5) is 5.69 Å². The molecule has 0 aromatic heterocycles. The minimum Gasteiger partial charge on any atom is -0.366 e. The molecule has 0 amide bonds. The van der Waals surface area contributed by atoms with E-state index in [2.05, 4.69) is 50.8 Å². The Labute approximate surface area is 93.1 Å². The summed E-state index contributed by atoms with van der Waals surface area (Å²) in [5, 5.41) is 0. The molecule has 0 bridgehead atoms. The van der Waals surface area contributed by atoms with E-state index >= 15 is 0 Å². The molecule has 1 aliphatic rings. The molecule has 0 saturated carbocycles. The van der Waals surface area contributed by atoms with Gasteiger partial charge < -0.3 is 4.90 Å². The molecule has 1 aliphatic heterocycles. The average molecular weight is 203 g/mol. The molecule has 1 heterocycles. The third-order valence-electron chi connectivity index (χ3n) is 3.16. The number of hydrogen-bond acceptors (Lipinski definition) is 1. The summed E-state index contributed by atoms with van der Waals surface area (Å²) < 4.78 is 0. The van der Waals surface area contributed by atoms with E-state index in [4.69, 9.17) is 0 Å². The van der Waals surface area contributed by atoms with Gasteiger partial charge in [-0.1, -0.05) is 17.7 Å². The SMILES string of the molecule is Cc1ccc2c(c1)CCCN2C(C)(C)C. The lowest BCUT2D eigenvalue weighted by molar-refractivity contribution is 0.483. The van der Waals surface area contributed by atoms with E-state index in [1.54, 1.807) is 0 Å². The second-order valence-corrected chi connectivity index (χ2v) is 5.56. The topological polar surface area (TPSA) is 3.24 Å². The minimum absolute atomic E-state index is 0.241. The second kappa shape index (κ2) is 3.55. The predicted octanol–water partition coefficient (Wildman–Crippen LogP) is 3.55. The number of rotatable bonds is 0. The van der Waals surface area contributed by atoms with Crippen molar-refractivity contribution >= 4 is 5.69 Å². The van der Waals surface area contributed by atoms with Crippen LogP contribution in [0.3, 0.4) is 0 Å². The van der Waals surface area contributed by atoms with Gasteiger partial charge in [0.15, 0.2) is 0 Å². The van der Waals surface area contributed by atoms with Gasteiger partial charge in [-0.05, 0) is 52.2 Å². The number of benzene rings is 1. The summed E-state index contributed by atoms with van der Waals surface area (Å²) in [7, 11) is 0. The molecule has 0 atom stereocenters. The van der Waals surface area contributed by atoms with Crippen molar-refractivity contribution in [3.8, 4) is 0 Å². The molecular weight excluding hydrogens is 182 g/mol. The molecule has 2 rings (SSSR count). The first-order valence-corrected chi connectivity index (χ1v) is 5.86. The van der Waals surface area contributed by atoms with Crippen LogP contribution in [-0.4, -0.2) is 12.1 Å². The highest BCUT2D eigenvalue weighted by Crippen LogP contribution is 2.32. The molecule has 1 aromatic carbocycles. The summed E-state index contributed by atoms with van der Waals surface area (Å²) >= 11 is 0. The summed E-state index contributed by atoms with van der Waals surface area (Å²) in [6.45, 7) is 10.3. The lowest BCUT2D eigenvalue weighted by Crippen LogP contribution is -2.44. The van der Waals surface area contributed by atoms with Crippen LogP contribution in [0, 0.1) is 6.92 Å². The van der Waals surface area contributed by atoms with Crippen molar-refractivity contribution < 1.29 is 0 Å². The first kappa shape index (κ1) is 10.5. The quantitative estimate of drug-likeness (QED) is 0.623. The maximum absolute atomic E-state index is 2.53. The number of nitrogens with zero attached hydrogens (tertiary/aromatic N) is 1. The Morgan fingerprint density at radius 1 is 1.20 bits per heavy atom. The Morgan fingerprint density at radius 2 is 1.93 bits per heavy atom. The van der Waals surface area contributed by atoms with Crippen molar-refractivity contribution in [3.05, 3.63) is 29.3 Å². The summed E-state index contributed by atoms with van der Waals surface area (Å²) in [5.74, 6) is 0. The molecule has 0 saturated heterocycles. The van der Waals surface area contributed by atoms with Crippen LogP contribution in [0.1, 0.15) is 38.3 Å². The van der Waals surface area contributed by atoms with Gasteiger partial charge in [0.25, 0.3) is 0 Å². The molecule has 0 radical (unpaired) electrons. The van der Waals surface area contributed by atoms with Gasteiger partial charge in [0.1, 0.15) is 0 Å². The van der Waals surface area contributed by atoms with E-state index in [9.17, 15) is 0 Å². The number of anilines is 1. The van der Waals surface area contributed by atoms with Crippen molar-refractivity contribution in [3.63, 3.8) is 0 Å². The standard InChI is InChI=1S/C14H21N/c1-11-7-8-13-12(10-11)6-5-9-15(13)14(2,3)4/h7-8,10H,5-6,9H2,1-4H3. The summed E-state index contributed by atoms with van der Waals surface area (Å²) in [6.07, 6.45) is 2.53. The highest BCUT2D eigenvalue weighted by atomic mass is 15.2. The molecule has 0 N–H and O–H groups in total. The predicted molar refractivity (Wildman–Crippen MR) is 66.6 cm³/mol. The van der Waals surface area contributed by atoms with E-state index in [1.807, 2.05) is 0 Å². The normalized spacial score (nSPS) is 16.4. The van der Waals surface area contributed by atoms with Crippen molar-refractivity contribution in [1.82, 2.24) is 0 Å². The van der Waals surface area contributed by atoms with Crippen molar-refractivity contribution in [2.45, 2.75) is 46.1 Å². The Bertz CT molecular complexity index is 360. The Morgan fingerprint density at radius 3 is 2.60 bits per heavy atom. The van der Waals surface area contributed by atoms with Crippen LogP contribution < -0.4 is 4.90 Å². The Kier molecular flexibility index (Phi) is 2.49. The molecule has 1 heteroatoms. The van der Waals surface area contributed by atoms with Crippen molar-refractivity contribution in [1.29, 1.82) is 0 Å². The van der Waals surface area contributed by atoms with E-state index in [0.717, 1.165) is 0 Å². The van der Waals surface area contributed by atoms with Gasteiger partial charge in [0.05, 0.1) is 0 Å². The lowest BCUT2D eigenvalue weighted by Gasteiger charge is -2.41. The molecular formula is C14H21N. The fourth-order valence-corrected chi connectivity index (χ4v) is 2.42. The highest BCUT2D eigenvalue weighted by molar-refractivity contribution is 5.58. The van der Waals surface area contributed by atoms with Crippen molar-refractivity contribution in [2.75, 3.05) is 11.4 Å². The molecule has 1 nitrogen and oxygen atoms in total.